The molecular weight excluding hydrogens is 651 g/mol. The highest BCUT2D eigenvalue weighted by Gasteiger charge is 2.19. The van der Waals surface area contributed by atoms with Gasteiger partial charge in [-0.1, -0.05) is 237 Å². The first-order chi connectivity index (χ1) is 26.2. The van der Waals surface area contributed by atoms with E-state index in [4.69, 9.17) is 0 Å². The molecule has 0 fully saturated rings. The highest BCUT2D eigenvalue weighted by molar-refractivity contribution is 5.76. The fraction of sp³-hybridized carbons (Fsp3) is 0.898. The number of hydrogen-bond acceptors (Lipinski definition) is 3. The fourth-order valence-corrected chi connectivity index (χ4v) is 7.51. The van der Waals surface area contributed by atoms with E-state index >= 15 is 0 Å². The largest absolute Gasteiger partial charge is 0.394 e. The summed E-state index contributed by atoms with van der Waals surface area (Å²) >= 11 is 0. The first-order valence-electron chi connectivity index (χ1n) is 24.0. The van der Waals surface area contributed by atoms with Gasteiger partial charge in [0.15, 0.2) is 0 Å². The number of aliphatic hydroxyl groups excluding tert-OH is 2. The molecule has 4 heteroatoms. The standard InChI is InChI=1S/C49H95NO3/c1-3-5-7-9-10-11-12-13-14-15-16-17-18-19-20-21-22-23-24-25-26-27-28-29-30-31-32-33-34-35-36-37-38-39-40-41-43-45-49(53)50-47(46-51)48(52)44-42-8-6-4-2/h12-13,15-16,47-48,51-52H,3-11,14,17-46H2,1-2H3,(H,50,53)/b13-12-,16-15-. The number of nitrogens with one attached hydrogen (secondary N) is 1. The summed E-state index contributed by atoms with van der Waals surface area (Å²) in [7, 11) is 0. The zero-order valence-corrected chi connectivity index (χ0v) is 36.1. The van der Waals surface area contributed by atoms with Gasteiger partial charge in [0, 0.05) is 6.42 Å². The van der Waals surface area contributed by atoms with Crippen LogP contribution in [0.2, 0.25) is 0 Å². The van der Waals surface area contributed by atoms with Crippen molar-refractivity contribution >= 4 is 5.91 Å². The summed E-state index contributed by atoms with van der Waals surface area (Å²) < 4.78 is 0. The minimum atomic E-state index is -0.651. The molecule has 1 amide bonds. The lowest BCUT2D eigenvalue weighted by Gasteiger charge is -2.22. The van der Waals surface area contributed by atoms with Crippen LogP contribution in [0.25, 0.3) is 0 Å². The summed E-state index contributed by atoms with van der Waals surface area (Å²) in [5.41, 5.74) is 0. The molecule has 0 aliphatic rings. The molecule has 0 aromatic rings. The van der Waals surface area contributed by atoms with Crippen LogP contribution in [0.1, 0.15) is 264 Å². The summed E-state index contributed by atoms with van der Waals surface area (Å²) in [4.78, 5) is 12.2. The first kappa shape index (κ1) is 51.9. The van der Waals surface area contributed by atoms with Gasteiger partial charge in [-0.05, 0) is 44.9 Å². The third-order valence-corrected chi connectivity index (χ3v) is 11.2. The van der Waals surface area contributed by atoms with Gasteiger partial charge in [0.25, 0.3) is 0 Å². The number of aliphatic hydroxyl groups is 2. The number of allylic oxidation sites excluding steroid dienone is 4. The van der Waals surface area contributed by atoms with Crippen LogP contribution >= 0.6 is 0 Å². The number of carbonyl (C=O) groups is 1. The SMILES string of the molecule is CCCCCCC/C=C\C/C=C\CCCCCCCCCCCCCCCCCCCCCCCCCCCC(=O)NC(CO)C(O)CCCCCC. The fourth-order valence-electron chi connectivity index (χ4n) is 7.51. The van der Waals surface area contributed by atoms with Crippen LogP contribution in [-0.4, -0.2) is 34.9 Å². The van der Waals surface area contributed by atoms with Crippen molar-refractivity contribution in [2.45, 2.75) is 276 Å². The third kappa shape index (κ3) is 41.9. The number of hydrogen-bond donors (Lipinski definition) is 3. The van der Waals surface area contributed by atoms with E-state index < -0.39 is 12.1 Å². The average Bonchev–Trinajstić information content (AvgIpc) is 3.16. The first-order valence-corrected chi connectivity index (χ1v) is 24.0. The Morgan fingerprint density at radius 3 is 1.13 bits per heavy atom. The maximum Gasteiger partial charge on any atom is 0.220 e. The molecule has 0 aliphatic carbocycles. The van der Waals surface area contributed by atoms with E-state index in [1.807, 2.05) is 0 Å². The minimum absolute atomic E-state index is 0.0364. The smallest absolute Gasteiger partial charge is 0.220 e. The quantitative estimate of drug-likeness (QED) is 0.0430. The lowest BCUT2D eigenvalue weighted by Crippen LogP contribution is -2.45. The summed E-state index contributed by atoms with van der Waals surface area (Å²) in [6.45, 7) is 4.25. The molecule has 0 rings (SSSR count). The Morgan fingerprint density at radius 1 is 0.453 bits per heavy atom. The van der Waals surface area contributed by atoms with E-state index in [0.29, 0.717) is 12.8 Å². The van der Waals surface area contributed by atoms with Crippen LogP contribution in [0.4, 0.5) is 0 Å². The van der Waals surface area contributed by atoms with Gasteiger partial charge in [-0.3, -0.25) is 4.79 Å². The molecule has 0 saturated heterocycles. The molecular formula is C49H95NO3. The highest BCUT2D eigenvalue weighted by atomic mass is 16.3. The Bertz CT molecular complexity index is 765. The van der Waals surface area contributed by atoms with Gasteiger partial charge < -0.3 is 15.5 Å². The van der Waals surface area contributed by atoms with Gasteiger partial charge in [-0.2, -0.15) is 0 Å². The molecule has 0 aromatic heterocycles. The van der Waals surface area contributed by atoms with Crippen molar-refractivity contribution in [1.82, 2.24) is 5.32 Å². The highest BCUT2D eigenvalue weighted by Crippen LogP contribution is 2.17. The van der Waals surface area contributed by atoms with E-state index in [0.717, 1.165) is 38.5 Å². The van der Waals surface area contributed by atoms with Gasteiger partial charge in [0.05, 0.1) is 18.8 Å². The second-order valence-corrected chi connectivity index (χ2v) is 16.5. The molecule has 4 nitrogen and oxygen atoms in total. The molecule has 0 aliphatic heterocycles. The minimum Gasteiger partial charge on any atom is -0.394 e. The van der Waals surface area contributed by atoms with Crippen LogP contribution < -0.4 is 5.32 Å². The van der Waals surface area contributed by atoms with Crippen molar-refractivity contribution in [3.63, 3.8) is 0 Å². The van der Waals surface area contributed by atoms with Crippen LogP contribution in [0.3, 0.4) is 0 Å². The van der Waals surface area contributed by atoms with Gasteiger partial charge in [0.1, 0.15) is 0 Å². The molecule has 53 heavy (non-hydrogen) atoms. The molecule has 2 unspecified atom stereocenters. The van der Waals surface area contributed by atoms with Gasteiger partial charge >= 0.3 is 0 Å². The summed E-state index contributed by atoms with van der Waals surface area (Å²) in [6.07, 6.45) is 59.2. The lowest BCUT2D eigenvalue weighted by atomic mass is 10.0. The van der Waals surface area contributed by atoms with Crippen molar-refractivity contribution in [2.24, 2.45) is 0 Å². The predicted molar refractivity (Wildman–Crippen MR) is 235 cm³/mol. The molecule has 0 aromatic carbocycles. The Labute approximate surface area is 332 Å². The van der Waals surface area contributed by atoms with Crippen molar-refractivity contribution in [3.8, 4) is 0 Å². The van der Waals surface area contributed by atoms with Crippen molar-refractivity contribution < 1.29 is 15.0 Å². The van der Waals surface area contributed by atoms with Crippen LogP contribution in [0.15, 0.2) is 24.3 Å². The zero-order chi connectivity index (χ0) is 38.6. The third-order valence-electron chi connectivity index (χ3n) is 11.2. The number of carbonyl (C=O) groups excluding carboxylic acids is 1. The van der Waals surface area contributed by atoms with Crippen LogP contribution in [0, 0.1) is 0 Å². The predicted octanol–water partition coefficient (Wildman–Crippen LogP) is 15.2. The van der Waals surface area contributed by atoms with E-state index in [-0.39, 0.29) is 12.5 Å². The lowest BCUT2D eigenvalue weighted by molar-refractivity contribution is -0.123. The molecule has 2 atom stereocenters. The maximum absolute atomic E-state index is 12.2. The van der Waals surface area contributed by atoms with E-state index in [2.05, 4.69) is 43.5 Å². The molecule has 0 radical (unpaired) electrons. The number of unbranched alkanes of at least 4 members (excludes halogenated alkanes) is 33. The van der Waals surface area contributed by atoms with Crippen molar-refractivity contribution in [2.75, 3.05) is 6.61 Å². The second kappa shape index (κ2) is 45.3. The number of rotatable bonds is 44. The Morgan fingerprint density at radius 2 is 0.774 bits per heavy atom. The molecule has 0 heterocycles. The van der Waals surface area contributed by atoms with E-state index in [1.54, 1.807) is 0 Å². The maximum atomic E-state index is 12.2. The number of amides is 1. The molecule has 0 bridgehead atoms. The Kier molecular flexibility index (Phi) is 44.3. The van der Waals surface area contributed by atoms with Crippen molar-refractivity contribution in [3.05, 3.63) is 24.3 Å². The van der Waals surface area contributed by atoms with E-state index in [1.165, 1.54) is 199 Å². The monoisotopic (exact) mass is 746 g/mol. The molecule has 314 valence electrons. The molecule has 3 N–H and O–H groups in total. The molecule has 0 saturated carbocycles. The van der Waals surface area contributed by atoms with Gasteiger partial charge in [-0.25, -0.2) is 0 Å². The van der Waals surface area contributed by atoms with Gasteiger partial charge in [-0.15, -0.1) is 0 Å². The van der Waals surface area contributed by atoms with Crippen LogP contribution in [0.5, 0.6) is 0 Å². The average molecular weight is 746 g/mol. The van der Waals surface area contributed by atoms with E-state index in [9.17, 15) is 15.0 Å². The zero-order valence-electron chi connectivity index (χ0n) is 36.1. The topological polar surface area (TPSA) is 69.6 Å². The molecule has 0 spiro atoms. The second-order valence-electron chi connectivity index (χ2n) is 16.5. The normalized spacial score (nSPS) is 13.1. The summed E-state index contributed by atoms with van der Waals surface area (Å²) in [5.74, 6) is -0.0364. The van der Waals surface area contributed by atoms with Crippen molar-refractivity contribution in [1.29, 1.82) is 0 Å². The summed E-state index contributed by atoms with van der Waals surface area (Å²) in [6, 6.07) is -0.528. The van der Waals surface area contributed by atoms with Crippen LogP contribution in [-0.2, 0) is 4.79 Å². The summed E-state index contributed by atoms with van der Waals surface area (Å²) in [5, 5.41) is 22.7. The van der Waals surface area contributed by atoms with Gasteiger partial charge in [0.2, 0.25) is 5.91 Å². The Balaban J connectivity index is 3.27. The Hall–Kier alpha value is -1.13.